The number of benzene rings is 1. The van der Waals surface area contributed by atoms with Crippen LogP contribution in [0.15, 0.2) is 24.3 Å². The number of aliphatic hydroxyl groups is 1. The molecule has 1 heterocycles. The van der Waals surface area contributed by atoms with Gasteiger partial charge in [-0.3, -0.25) is 4.79 Å². The van der Waals surface area contributed by atoms with Crippen LogP contribution in [0.3, 0.4) is 0 Å². The van der Waals surface area contributed by atoms with E-state index in [1.54, 1.807) is 19.1 Å². The SMILES string of the molecule is CC(O)Cc1ccc(-c2cc(C(N)=O)c(N)s2)c(F)c1. The third-order valence-electron chi connectivity index (χ3n) is 2.86. The van der Waals surface area contributed by atoms with E-state index < -0.39 is 17.8 Å². The predicted molar refractivity (Wildman–Crippen MR) is 78.0 cm³/mol. The quantitative estimate of drug-likeness (QED) is 0.807. The van der Waals surface area contributed by atoms with Crippen LogP contribution in [0.1, 0.15) is 22.8 Å². The molecule has 1 atom stereocenters. The molecule has 2 rings (SSSR count). The van der Waals surface area contributed by atoms with E-state index in [1.807, 2.05) is 0 Å². The molecule has 6 heteroatoms. The van der Waals surface area contributed by atoms with Crippen LogP contribution in [0.25, 0.3) is 10.4 Å². The van der Waals surface area contributed by atoms with Crippen molar-refractivity contribution in [2.24, 2.45) is 5.73 Å². The molecule has 0 bridgehead atoms. The third-order valence-corrected chi connectivity index (χ3v) is 3.85. The molecule has 1 amide bonds. The number of hydrogen-bond donors (Lipinski definition) is 3. The summed E-state index contributed by atoms with van der Waals surface area (Å²) < 4.78 is 14.1. The van der Waals surface area contributed by atoms with Crippen LogP contribution in [0.4, 0.5) is 9.39 Å². The minimum Gasteiger partial charge on any atom is -0.393 e. The van der Waals surface area contributed by atoms with Crippen LogP contribution in [-0.4, -0.2) is 17.1 Å². The minimum atomic E-state index is -0.629. The van der Waals surface area contributed by atoms with E-state index in [0.29, 0.717) is 22.4 Å². The third kappa shape index (κ3) is 2.97. The highest BCUT2D eigenvalue weighted by Gasteiger charge is 2.15. The van der Waals surface area contributed by atoms with Crippen molar-refractivity contribution in [3.05, 3.63) is 41.2 Å². The molecule has 0 spiro atoms. The molecule has 0 saturated heterocycles. The van der Waals surface area contributed by atoms with E-state index in [-0.39, 0.29) is 10.6 Å². The summed E-state index contributed by atoms with van der Waals surface area (Å²) in [6.07, 6.45) is -0.143. The summed E-state index contributed by atoms with van der Waals surface area (Å²) in [6.45, 7) is 1.64. The van der Waals surface area contributed by atoms with Crippen molar-refractivity contribution in [2.45, 2.75) is 19.4 Å². The highest BCUT2D eigenvalue weighted by Crippen LogP contribution is 2.35. The van der Waals surface area contributed by atoms with Gasteiger partial charge in [0.1, 0.15) is 5.82 Å². The van der Waals surface area contributed by atoms with Crippen molar-refractivity contribution in [2.75, 3.05) is 5.73 Å². The summed E-state index contributed by atoms with van der Waals surface area (Å²) in [5, 5.41) is 9.57. The zero-order valence-electron chi connectivity index (χ0n) is 10.9. The topological polar surface area (TPSA) is 89.3 Å². The molecule has 20 heavy (non-hydrogen) atoms. The van der Waals surface area contributed by atoms with E-state index in [0.717, 1.165) is 11.3 Å². The van der Waals surface area contributed by atoms with Gasteiger partial charge in [-0.15, -0.1) is 11.3 Å². The average Bonchev–Trinajstić information content (AvgIpc) is 2.70. The fourth-order valence-corrected chi connectivity index (χ4v) is 2.92. The minimum absolute atomic E-state index is 0.206. The van der Waals surface area contributed by atoms with Gasteiger partial charge in [-0.1, -0.05) is 12.1 Å². The fourth-order valence-electron chi connectivity index (χ4n) is 1.96. The summed E-state index contributed by atoms with van der Waals surface area (Å²) in [5.74, 6) is -1.04. The second-order valence-corrected chi connectivity index (χ2v) is 5.70. The highest BCUT2D eigenvalue weighted by molar-refractivity contribution is 7.19. The molecule has 106 valence electrons. The Hall–Kier alpha value is -1.92. The Morgan fingerprint density at radius 1 is 1.45 bits per heavy atom. The first-order valence-electron chi connectivity index (χ1n) is 6.04. The summed E-state index contributed by atoms with van der Waals surface area (Å²) in [7, 11) is 0. The number of nitrogen functional groups attached to an aromatic ring is 1. The number of halogens is 1. The van der Waals surface area contributed by atoms with E-state index in [1.165, 1.54) is 12.1 Å². The number of carbonyl (C=O) groups excluding carboxylic acids is 1. The maximum absolute atomic E-state index is 14.1. The molecular formula is C14H15FN2O2S. The normalized spacial score (nSPS) is 12.3. The number of primary amides is 1. The molecule has 1 aromatic heterocycles. The van der Waals surface area contributed by atoms with Crippen LogP contribution in [0.5, 0.6) is 0 Å². The molecule has 0 fully saturated rings. The Morgan fingerprint density at radius 2 is 2.15 bits per heavy atom. The number of anilines is 1. The van der Waals surface area contributed by atoms with Gasteiger partial charge in [0.15, 0.2) is 0 Å². The van der Waals surface area contributed by atoms with Crippen molar-refractivity contribution in [3.8, 4) is 10.4 Å². The Bertz CT molecular complexity index is 653. The molecular weight excluding hydrogens is 279 g/mol. The van der Waals surface area contributed by atoms with Gasteiger partial charge in [0.05, 0.1) is 16.7 Å². The largest absolute Gasteiger partial charge is 0.393 e. The Kier molecular flexibility index (Phi) is 4.06. The van der Waals surface area contributed by atoms with Crippen LogP contribution in [0, 0.1) is 5.82 Å². The molecule has 0 aliphatic carbocycles. The number of nitrogens with two attached hydrogens (primary N) is 2. The molecule has 0 aliphatic rings. The summed E-state index contributed by atoms with van der Waals surface area (Å²) in [4.78, 5) is 11.7. The number of hydrogen-bond acceptors (Lipinski definition) is 4. The van der Waals surface area contributed by atoms with Crippen LogP contribution in [-0.2, 0) is 6.42 Å². The molecule has 2 aromatic rings. The first-order valence-corrected chi connectivity index (χ1v) is 6.86. The Balaban J connectivity index is 2.38. The van der Waals surface area contributed by atoms with Crippen molar-refractivity contribution in [1.29, 1.82) is 0 Å². The zero-order valence-corrected chi connectivity index (χ0v) is 11.7. The lowest BCUT2D eigenvalue weighted by Gasteiger charge is -2.06. The molecule has 0 aliphatic heterocycles. The smallest absolute Gasteiger partial charge is 0.251 e. The predicted octanol–water partition coefficient (Wildman–Crippen LogP) is 2.16. The van der Waals surface area contributed by atoms with Gasteiger partial charge in [-0.2, -0.15) is 0 Å². The maximum atomic E-state index is 14.1. The van der Waals surface area contributed by atoms with Gasteiger partial charge >= 0.3 is 0 Å². The number of rotatable bonds is 4. The standard InChI is InChI=1S/C14H15FN2O2S/c1-7(18)4-8-2-3-9(11(15)5-8)12-6-10(13(16)19)14(17)20-12/h2-3,5-7,18H,4,17H2,1H3,(H2,16,19). The average molecular weight is 294 g/mol. The fraction of sp³-hybridized carbons (Fsp3) is 0.214. The first kappa shape index (κ1) is 14.5. The second kappa shape index (κ2) is 5.60. The number of thiophene rings is 1. The maximum Gasteiger partial charge on any atom is 0.251 e. The van der Waals surface area contributed by atoms with Crippen molar-refractivity contribution < 1.29 is 14.3 Å². The Morgan fingerprint density at radius 3 is 2.65 bits per heavy atom. The van der Waals surface area contributed by atoms with E-state index in [2.05, 4.69) is 0 Å². The van der Waals surface area contributed by atoms with Crippen molar-refractivity contribution in [3.63, 3.8) is 0 Å². The van der Waals surface area contributed by atoms with Gasteiger partial charge in [-0.05, 0) is 31.0 Å². The highest BCUT2D eigenvalue weighted by atomic mass is 32.1. The number of carbonyl (C=O) groups is 1. The van der Waals surface area contributed by atoms with Crippen molar-refractivity contribution in [1.82, 2.24) is 0 Å². The van der Waals surface area contributed by atoms with Gasteiger partial charge in [0.25, 0.3) is 5.91 Å². The lowest BCUT2D eigenvalue weighted by Crippen LogP contribution is -2.11. The molecule has 0 saturated carbocycles. The monoisotopic (exact) mass is 294 g/mol. The van der Waals surface area contributed by atoms with Gasteiger partial charge < -0.3 is 16.6 Å². The zero-order chi connectivity index (χ0) is 14.9. The molecule has 0 radical (unpaired) electrons. The number of amides is 1. The summed E-state index contributed by atoms with van der Waals surface area (Å²) in [5.41, 5.74) is 12.2. The lowest BCUT2D eigenvalue weighted by molar-refractivity contribution is 0.100. The van der Waals surface area contributed by atoms with Gasteiger partial charge in [0.2, 0.25) is 0 Å². The first-order chi connectivity index (χ1) is 9.38. The summed E-state index contributed by atoms with van der Waals surface area (Å²) >= 11 is 1.12. The van der Waals surface area contributed by atoms with Crippen molar-refractivity contribution >= 4 is 22.2 Å². The van der Waals surface area contributed by atoms with Crippen LogP contribution >= 0.6 is 11.3 Å². The van der Waals surface area contributed by atoms with Gasteiger partial charge in [0, 0.05) is 10.4 Å². The van der Waals surface area contributed by atoms with Crippen LogP contribution in [0.2, 0.25) is 0 Å². The Labute approximate surface area is 119 Å². The van der Waals surface area contributed by atoms with E-state index in [9.17, 15) is 14.3 Å². The number of aliphatic hydroxyl groups excluding tert-OH is 1. The molecule has 4 nitrogen and oxygen atoms in total. The summed E-state index contributed by atoms with van der Waals surface area (Å²) in [6, 6.07) is 6.23. The van der Waals surface area contributed by atoms with E-state index >= 15 is 0 Å². The molecule has 1 unspecified atom stereocenters. The second-order valence-electron chi connectivity index (χ2n) is 4.62. The molecule has 1 aromatic carbocycles. The molecule has 5 N–H and O–H groups in total. The van der Waals surface area contributed by atoms with E-state index in [4.69, 9.17) is 11.5 Å². The van der Waals surface area contributed by atoms with Crippen LogP contribution < -0.4 is 11.5 Å². The van der Waals surface area contributed by atoms with Gasteiger partial charge in [-0.25, -0.2) is 4.39 Å². The lowest BCUT2D eigenvalue weighted by atomic mass is 10.0.